The maximum Gasteiger partial charge on any atom is 0.0726 e. The molecule has 1 aromatic rings. The summed E-state index contributed by atoms with van der Waals surface area (Å²) in [4.78, 5) is 13.1. The van der Waals surface area contributed by atoms with Crippen LogP contribution in [0, 0.1) is 0 Å². The Morgan fingerprint density at radius 3 is 1.88 bits per heavy atom. The largest absolute Gasteiger partial charge is 0.545 e. The maximum absolute atomic E-state index is 11.1. The lowest BCUT2D eigenvalue weighted by atomic mass is 9.90. The van der Waals surface area contributed by atoms with E-state index >= 15 is 0 Å². The van der Waals surface area contributed by atoms with Gasteiger partial charge in [0.25, 0.3) is 0 Å². The van der Waals surface area contributed by atoms with Gasteiger partial charge in [-0.1, -0.05) is 41.5 Å². The van der Waals surface area contributed by atoms with Gasteiger partial charge in [0, 0.05) is 15.3 Å². The Balaban J connectivity index is 3.38. The quantitative estimate of drug-likeness (QED) is 0.756. The van der Waals surface area contributed by atoms with Crippen molar-refractivity contribution in [2.45, 2.75) is 52.4 Å². The monoisotopic (exact) mass is 239 g/mol. The van der Waals surface area contributed by atoms with E-state index in [1.807, 2.05) is 20.8 Å². The number of carboxylic acid groups (broad SMARTS) is 1. The van der Waals surface area contributed by atoms with E-state index in [1.165, 1.54) is 0 Å². The summed E-state index contributed by atoms with van der Waals surface area (Å²) in [6.45, 7) is 12.3. The molecule has 0 N–H and O–H groups in total. The van der Waals surface area contributed by atoms with E-state index in [9.17, 15) is 9.90 Å². The van der Waals surface area contributed by atoms with E-state index in [2.05, 4.69) is 20.8 Å². The van der Waals surface area contributed by atoms with Crippen LogP contribution in [0.2, 0.25) is 0 Å². The minimum absolute atomic E-state index is 0.0155. The Hall–Kier alpha value is -0.830. The molecule has 0 amide bonds. The highest BCUT2D eigenvalue weighted by atomic mass is 32.1. The number of carbonyl (C=O) groups excluding carboxylic acids is 1. The number of thiophene rings is 1. The molecule has 1 aromatic heterocycles. The van der Waals surface area contributed by atoms with E-state index < -0.39 is 5.97 Å². The number of hydrogen-bond acceptors (Lipinski definition) is 3. The minimum atomic E-state index is -1.07. The van der Waals surface area contributed by atoms with Gasteiger partial charge in [-0.05, 0) is 16.9 Å². The topological polar surface area (TPSA) is 40.1 Å². The first kappa shape index (κ1) is 13.2. The molecule has 16 heavy (non-hydrogen) atoms. The molecule has 0 radical (unpaired) electrons. The Morgan fingerprint density at radius 2 is 1.62 bits per heavy atom. The van der Waals surface area contributed by atoms with Crippen molar-refractivity contribution in [2.75, 3.05) is 0 Å². The molecule has 0 aromatic carbocycles. The predicted molar refractivity (Wildman–Crippen MR) is 66.0 cm³/mol. The number of rotatable bonds is 1. The fourth-order valence-corrected chi connectivity index (χ4v) is 2.73. The van der Waals surface area contributed by atoms with Crippen LogP contribution < -0.4 is 5.11 Å². The van der Waals surface area contributed by atoms with Crippen LogP contribution >= 0.6 is 11.3 Å². The summed E-state index contributed by atoms with van der Waals surface area (Å²) in [5.41, 5.74) is 0.185. The van der Waals surface area contributed by atoms with Gasteiger partial charge in [0.15, 0.2) is 0 Å². The Bertz CT molecular complexity index is 403. The van der Waals surface area contributed by atoms with Crippen molar-refractivity contribution in [2.24, 2.45) is 0 Å². The zero-order chi connectivity index (χ0) is 12.7. The average Bonchev–Trinajstić information content (AvgIpc) is 2.44. The second-order valence-corrected chi connectivity index (χ2v) is 7.19. The lowest BCUT2D eigenvalue weighted by molar-refractivity contribution is -0.255. The van der Waals surface area contributed by atoms with E-state index in [1.54, 1.807) is 17.4 Å². The van der Waals surface area contributed by atoms with Gasteiger partial charge in [-0.2, -0.15) is 0 Å². The fourth-order valence-electron chi connectivity index (χ4n) is 1.47. The summed E-state index contributed by atoms with van der Waals surface area (Å²) in [5.74, 6) is -1.07. The number of hydrogen-bond donors (Lipinski definition) is 0. The molecule has 0 atom stereocenters. The summed E-state index contributed by atoms with van der Waals surface area (Å²) in [7, 11) is 0. The highest BCUT2D eigenvalue weighted by Gasteiger charge is 2.26. The van der Waals surface area contributed by atoms with Crippen molar-refractivity contribution in [3.05, 3.63) is 21.4 Å². The lowest BCUT2D eigenvalue weighted by Crippen LogP contribution is -2.25. The molecule has 1 heterocycles. The summed E-state index contributed by atoms with van der Waals surface area (Å²) in [6, 6.07) is 1.76. The van der Waals surface area contributed by atoms with Gasteiger partial charge < -0.3 is 9.90 Å². The van der Waals surface area contributed by atoms with Gasteiger partial charge >= 0.3 is 0 Å². The molecule has 3 heteroatoms. The second-order valence-electron chi connectivity index (χ2n) is 6.14. The van der Waals surface area contributed by atoms with Crippen LogP contribution in [0.5, 0.6) is 0 Å². The third kappa shape index (κ3) is 2.64. The van der Waals surface area contributed by atoms with Crippen molar-refractivity contribution in [1.82, 2.24) is 0 Å². The normalized spacial score (nSPS) is 12.9. The number of carboxylic acids is 1. The third-order valence-electron chi connectivity index (χ3n) is 2.37. The van der Waals surface area contributed by atoms with Gasteiger partial charge in [0.1, 0.15) is 0 Å². The van der Waals surface area contributed by atoms with E-state index in [0.717, 1.165) is 9.75 Å². The van der Waals surface area contributed by atoms with Crippen molar-refractivity contribution in [3.8, 4) is 0 Å². The molecule has 0 bridgehead atoms. The smallest absolute Gasteiger partial charge is 0.0726 e. The molecule has 0 saturated carbocycles. The average molecular weight is 239 g/mol. The van der Waals surface area contributed by atoms with Gasteiger partial charge in [0.05, 0.1) is 5.97 Å². The second kappa shape index (κ2) is 3.88. The minimum Gasteiger partial charge on any atom is -0.545 e. The Kier molecular flexibility index (Phi) is 3.21. The first-order chi connectivity index (χ1) is 7.03. The molecule has 1 rings (SSSR count). The van der Waals surface area contributed by atoms with Crippen molar-refractivity contribution in [1.29, 1.82) is 0 Å². The van der Waals surface area contributed by atoms with Crippen LogP contribution in [0.15, 0.2) is 6.07 Å². The summed E-state index contributed by atoms with van der Waals surface area (Å²) in [5, 5.41) is 11.1. The molecular formula is C13H19O2S-. The van der Waals surface area contributed by atoms with E-state index in [4.69, 9.17) is 0 Å². The molecule has 90 valence electrons. The first-order valence-electron chi connectivity index (χ1n) is 5.39. The number of carbonyl (C=O) groups is 1. The van der Waals surface area contributed by atoms with Gasteiger partial charge in [-0.3, -0.25) is 0 Å². The molecule has 0 spiro atoms. The molecule has 0 aliphatic rings. The van der Waals surface area contributed by atoms with Gasteiger partial charge in [-0.15, -0.1) is 11.3 Å². The first-order valence-corrected chi connectivity index (χ1v) is 6.21. The Morgan fingerprint density at radius 1 is 1.12 bits per heavy atom. The van der Waals surface area contributed by atoms with Gasteiger partial charge in [-0.25, -0.2) is 0 Å². The maximum atomic E-state index is 11.1. The van der Waals surface area contributed by atoms with E-state index in [0.29, 0.717) is 5.56 Å². The summed E-state index contributed by atoms with van der Waals surface area (Å²) in [6.07, 6.45) is 0. The van der Waals surface area contributed by atoms with Crippen LogP contribution in [0.25, 0.3) is 0 Å². The fraction of sp³-hybridized carbons (Fsp3) is 0.615. The van der Waals surface area contributed by atoms with Gasteiger partial charge in [0.2, 0.25) is 0 Å². The zero-order valence-corrected chi connectivity index (χ0v) is 11.6. The standard InChI is InChI=1S/C13H20O2S/c1-12(2,3)9-7-8(11(14)15)10(16-9)13(4,5)6/h7H,1-6H3,(H,14,15)/p-1. The summed E-state index contributed by atoms with van der Waals surface area (Å²) < 4.78 is 0. The van der Waals surface area contributed by atoms with Crippen molar-refractivity contribution in [3.63, 3.8) is 0 Å². The van der Waals surface area contributed by atoms with Crippen LogP contribution in [0.1, 0.15) is 61.7 Å². The number of aromatic carboxylic acids is 1. The van der Waals surface area contributed by atoms with Crippen LogP contribution in [0.4, 0.5) is 0 Å². The molecular weight excluding hydrogens is 220 g/mol. The highest BCUT2D eigenvalue weighted by Crippen LogP contribution is 2.38. The molecule has 2 nitrogen and oxygen atoms in total. The van der Waals surface area contributed by atoms with Crippen LogP contribution in [0.3, 0.4) is 0 Å². The SMILES string of the molecule is CC(C)(C)c1cc(C(=O)[O-])c(C(C)(C)C)s1. The van der Waals surface area contributed by atoms with Crippen LogP contribution in [-0.2, 0) is 10.8 Å². The molecule has 0 aliphatic heterocycles. The van der Waals surface area contributed by atoms with Crippen molar-refractivity contribution < 1.29 is 9.90 Å². The molecule has 0 unspecified atom stereocenters. The van der Waals surface area contributed by atoms with Crippen LogP contribution in [-0.4, -0.2) is 5.97 Å². The highest BCUT2D eigenvalue weighted by molar-refractivity contribution is 7.12. The summed E-state index contributed by atoms with van der Waals surface area (Å²) >= 11 is 1.58. The zero-order valence-electron chi connectivity index (χ0n) is 10.8. The third-order valence-corrected chi connectivity index (χ3v) is 4.36. The molecule has 0 aliphatic carbocycles. The lowest BCUT2D eigenvalue weighted by Gasteiger charge is -2.19. The van der Waals surface area contributed by atoms with Crippen molar-refractivity contribution >= 4 is 17.3 Å². The Labute approximate surface area is 101 Å². The molecule has 0 fully saturated rings. The molecule has 0 saturated heterocycles. The van der Waals surface area contributed by atoms with E-state index in [-0.39, 0.29) is 10.8 Å². The predicted octanol–water partition coefficient (Wildman–Crippen LogP) is 2.71.